The lowest BCUT2D eigenvalue weighted by Gasteiger charge is -2.03. The maximum atomic E-state index is 10.9. The van der Waals surface area contributed by atoms with Gasteiger partial charge in [0.05, 0.1) is 22.8 Å². The molecule has 0 aliphatic rings. The summed E-state index contributed by atoms with van der Waals surface area (Å²) in [5.41, 5.74) is 20.0. The average molecular weight is 402 g/mol. The van der Waals surface area contributed by atoms with E-state index in [0.29, 0.717) is 16.8 Å². The number of nitrogens with zero attached hydrogens (tertiary/aromatic N) is 10. The number of aryl methyl sites for hydroxylation is 1. The van der Waals surface area contributed by atoms with Crippen molar-refractivity contribution in [3.8, 4) is 5.69 Å². The van der Waals surface area contributed by atoms with Crippen LogP contribution in [0.3, 0.4) is 0 Å². The first-order chi connectivity index (χ1) is 14.5. The lowest BCUT2D eigenvalue weighted by atomic mass is 10.1. The number of aromatic nitrogens is 2. The molecule has 0 aliphatic carbocycles. The zero-order chi connectivity index (χ0) is 21.5. The summed E-state index contributed by atoms with van der Waals surface area (Å²) in [5, 5.41) is 22.6. The van der Waals surface area contributed by atoms with E-state index in [1.807, 2.05) is 30.3 Å². The first kappa shape index (κ1) is 20.1. The van der Waals surface area contributed by atoms with Crippen molar-refractivity contribution in [2.45, 2.75) is 13.5 Å². The Morgan fingerprint density at radius 2 is 1.90 bits per heavy atom. The third kappa shape index (κ3) is 4.25. The van der Waals surface area contributed by atoms with Crippen molar-refractivity contribution in [1.29, 1.82) is 0 Å². The first-order valence-electron chi connectivity index (χ1n) is 8.57. The molecule has 0 amide bonds. The highest BCUT2D eigenvalue weighted by Gasteiger charge is 2.14. The molecule has 0 saturated heterocycles. The number of non-ortho nitro benzene ring substituents is 1. The maximum absolute atomic E-state index is 10.9. The highest BCUT2D eigenvalue weighted by molar-refractivity contribution is 5.87. The molecule has 3 aromatic rings. The highest BCUT2D eigenvalue weighted by atomic mass is 16.6. The molecule has 148 valence electrons. The highest BCUT2D eigenvalue weighted by Crippen LogP contribution is 2.27. The Kier molecular flexibility index (Phi) is 6.04. The van der Waals surface area contributed by atoms with Gasteiger partial charge in [0.25, 0.3) is 5.69 Å². The van der Waals surface area contributed by atoms with Gasteiger partial charge in [-0.15, -0.1) is 0 Å². The van der Waals surface area contributed by atoms with Crippen LogP contribution < -0.4 is 0 Å². The number of nitro groups is 1. The molecular weight excluding hydrogens is 388 g/mol. The van der Waals surface area contributed by atoms with Gasteiger partial charge in [0, 0.05) is 39.4 Å². The minimum atomic E-state index is -0.572. The van der Waals surface area contributed by atoms with Gasteiger partial charge < -0.3 is 0 Å². The van der Waals surface area contributed by atoms with Crippen LogP contribution in [0.4, 0.5) is 17.2 Å². The van der Waals surface area contributed by atoms with Crippen LogP contribution in [0.25, 0.3) is 26.6 Å². The second-order valence-electron chi connectivity index (χ2n) is 5.99. The second kappa shape index (κ2) is 9.02. The van der Waals surface area contributed by atoms with Gasteiger partial charge in [0.15, 0.2) is 0 Å². The molecule has 0 spiro atoms. The van der Waals surface area contributed by atoms with Crippen molar-refractivity contribution < 1.29 is 4.92 Å². The van der Waals surface area contributed by atoms with Gasteiger partial charge in [-0.3, -0.25) is 15.1 Å². The summed E-state index contributed by atoms with van der Waals surface area (Å²) < 4.78 is 1.52. The van der Waals surface area contributed by atoms with E-state index in [9.17, 15) is 10.1 Å². The molecule has 0 unspecified atom stereocenters. The second-order valence-corrected chi connectivity index (χ2v) is 5.99. The van der Waals surface area contributed by atoms with Crippen LogP contribution in [0, 0.1) is 17.0 Å². The Bertz CT molecular complexity index is 1220. The van der Waals surface area contributed by atoms with Gasteiger partial charge in [-0.1, -0.05) is 23.3 Å². The van der Waals surface area contributed by atoms with Gasteiger partial charge in [-0.2, -0.15) is 5.10 Å². The van der Waals surface area contributed by atoms with E-state index in [2.05, 4.69) is 30.1 Å². The Hall–Kier alpha value is -4.66. The molecule has 2 aromatic carbocycles. The summed E-state index contributed by atoms with van der Waals surface area (Å²) in [6.07, 6.45) is 1.51. The third-order valence-corrected chi connectivity index (χ3v) is 4.14. The van der Waals surface area contributed by atoms with E-state index in [4.69, 9.17) is 11.1 Å². The SMILES string of the molecule is Cc1nn(-c2ccccc2)c(N=[N+]=[N-])c1C=NCc1ccc([N+](=O)[O-])cc1N=[N+]=[N-]. The standard InChI is InChI=1S/C18H14N10O2/c1-12-16(18(23-26-20)27(24-12)14-5-3-2-4-6-14)11-21-10-13-7-8-15(28(29)30)9-17(13)22-25-19/h2-9,11H,10H2,1H3. The molecule has 0 N–H and O–H groups in total. The fraction of sp³-hybridized carbons (Fsp3) is 0.111. The number of nitro benzene ring substituents is 1. The van der Waals surface area contributed by atoms with E-state index in [0.717, 1.165) is 5.69 Å². The number of rotatable bonds is 7. The van der Waals surface area contributed by atoms with Crippen LogP contribution in [-0.2, 0) is 6.54 Å². The van der Waals surface area contributed by atoms with Crippen molar-refractivity contribution in [3.05, 3.63) is 96.4 Å². The molecule has 0 atom stereocenters. The summed E-state index contributed by atoms with van der Waals surface area (Å²) in [6.45, 7) is 1.85. The van der Waals surface area contributed by atoms with Crippen molar-refractivity contribution >= 4 is 23.4 Å². The fourth-order valence-corrected chi connectivity index (χ4v) is 2.74. The number of hydrogen-bond donors (Lipinski definition) is 0. The number of hydrogen-bond acceptors (Lipinski definition) is 6. The smallest absolute Gasteiger partial charge is 0.269 e. The zero-order valence-corrected chi connectivity index (χ0v) is 15.7. The monoisotopic (exact) mass is 402 g/mol. The zero-order valence-electron chi connectivity index (χ0n) is 15.7. The molecule has 0 bridgehead atoms. The van der Waals surface area contributed by atoms with E-state index < -0.39 is 4.92 Å². The lowest BCUT2D eigenvalue weighted by molar-refractivity contribution is -0.384. The van der Waals surface area contributed by atoms with E-state index in [-0.39, 0.29) is 23.7 Å². The molecule has 12 nitrogen and oxygen atoms in total. The number of para-hydroxylation sites is 1. The largest absolute Gasteiger partial charge is 0.288 e. The molecule has 30 heavy (non-hydrogen) atoms. The maximum Gasteiger partial charge on any atom is 0.269 e. The van der Waals surface area contributed by atoms with Crippen LogP contribution in [0.15, 0.2) is 63.8 Å². The van der Waals surface area contributed by atoms with Crippen molar-refractivity contribution in [2.75, 3.05) is 0 Å². The predicted molar refractivity (Wildman–Crippen MR) is 110 cm³/mol. The average Bonchev–Trinajstić information content (AvgIpc) is 3.05. The molecular formula is C18H14N10O2. The Labute approximate surface area is 169 Å². The summed E-state index contributed by atoms with van der Waals surface area (Å²) >= 11 is 0. The summed E-state index contributed by atoms with van der Waals surface area (Å²) in [4.78, 5) is 20.3. The van der Waals surface area contributed by atoms with Crippen LogP contribution >= 0.6 is 0 Å². The topological polar surface area (TPSA) is 171 Å². The van der Waals surface area contributed by atoms with E-state index in [1.54, 1.807) is 6.92 Å². The number of benzene rings is 2. The Morgan fingerprint density at radius 1 is 1.17 bits per heavy atom. The molecule has 0 fully saturated rings. The molecule has 0 aliphatic heterocycles. The molecule has 12 heteroatoms. The fourth-order valence-electron chi connectivity index (χ4n) is 2.74. The van der Waals surface area contributed by atoms with Crippen LogP contribution in [0.2, 0.25) is 0 Å². The summed E-state index contributed by atoms with van der Waals surface area (Å²) in [5.74, 6) is 0.281. The quantitative estimate of drug-likeness (QED) is 0.125. The molecule has 1 aromatic heterocycles. The minimum Gasteiger partial charge on any atom is -0.288 e. The first-order valence-corrected chi connectivity index (χ1v) is 8.57. The molecule has 3 rings (SSSR count). The van der Waals surface area contributed by atoms with Gasteiger partial charge in [-0.25, -0.2) is 4.68 Å². The van der Waals surface area contributed by atoms with Gasteiger partial charge >= 0.3 is 0 Å². The molecule has 1 heterocycles. The lowest BCUT2D eigenvalue weighted by Crippen LogP contribution is -1.95. The molecule has 0 saturated carbocycles. The van der Waals surface area contributed by atoms with Gasteiger partial charge in [-0.05, 0) is 46.9 Å². The van der Waals surface area contributed by atoms with Crippen LogP contribution in [-0.4, -0.2) is 20.9 Å². The van der Waals surface area contributed by atoms with Crippen LogP contribution in [0.1, 0.15) is 16.8 Å². The summed E-state index contributed by atoms with van der Waals surface area (Å²) in [7, 11) is 0. The third-order valence-electron chi connectivity index (χ3n) is 4.14. The van der Waals surface area contributed by atoms with E-state index in [1.165, 1.54) is 29.1 Å². The van der Waals surface area contributed by atoms with Crippen molar-refractivity contribution in [3.63, 3.8) is 0 Å². The van der Waals surface area contributed by atoms with E-state index >= 15 is 0 Å². The number of aliphatic imine (C=N–C) groups is 1. The van der Waals surface area contributed by atoms with Gasteiger partial charge in [0.2, 0.25) is 0 Å². The molecule has 0 radical (unpaired) electrons. The predicted octanol–water partition coefficient (Wildman–Crippen LogP) is 5.59. The van der Waals surface area contributed by atoms with Crippen molar-refractivity contribution in [1.82, 2.24) is 9.78 Å². The Balaban J connectivity index is 1.96. The van der Waals surface area contributed by atoms with Gasteiger partial charge in [0.1, 0.15) is 5.82 Å². The van der Waals surface area contributed by atoms with Crippen molar-refractivity contribution in [2.24, 2.45) is 15.2 Å². The summed E-state index contributed by atoms with van der Waals surface area (Å²) in [6, 6.07) is 13.2. The van der Waals surface area contributed by atoms with Crippen LogP contribution in [0.5, 0.6) is 0 Å². The normalized spacial score (nSPS) is 10.4. The number of azide groups is 2. The minimum absolute atomic E-state index is 0.0953. The Morgan fingerprint density at radius 3 is 2.57 bits per heavy atom.